The molecule has 1 aliphatic carbocycles. The first kappa shape index (κ1) is 20.5. The van der Waals surface area contributed by atoms with Gasteiger partial charge in [0.2, 0.25) is 5.91 Å². The number of benzene rings is 1. The van der Waals surface area contributed by atoms with Gasteiger partial charge in [-0.1, -0.05) is 18.9 Å². The van der Waals surface area contributed by atoms with E-state index in [1.165, 1.54) is 18.2 Å². The SMILES string of the molecule is CC(NCC1(c2c(F)cccc2F)CCCC1)C(=O)Nc1ccnn1C(C)C. The molecule has 1 amide bonds. The molecule has 1 atom stereocenters. The summed E-state index contributed by atoms with van der Waals surface area (Å²) in [5.74, 6) is -0.600. The van der Waals surface area contributed by atoms with Gasteiger partial charge >= 0.3 is 0 Å². The van der Waals surface area contributed by atoms with Gasteiger partial charge in [0.05, 0.1) is 12.2 Å². The Morgan fingerprint density at radius 1 is 1.18 bits per heavy atom. The summed E-state index contributed by atoms with van der Waals surface area (Å²) in [5, 5.41) is 10.3. The zero-order valence-electron chi connectivity index (χ0n) is 16.6. The summed E-state index contributed by atoms with van der Waals surface area (Å²) in [5.41, 5.74) is -0.477. The zero-order valence-corrected chi connectivity index (χ0v) is 16.6. The predicted molar refractivity (Wildman–Crippen MR) is 105 cm³/mol. The van der Waals surface area contributed by atoms with Gasteiger partial charge in [0.15, 0.2) is 0 Å². The number of carbonyl (C=O) groups excluding carboxylic acids is 1. The van der Waals surface area contributed by atoms with Crippen molar-refractivity contribution in [3.8, 4) is 0 Å². The molecule has 0 bridgehead atoms. The number of nitrogens with one attached hydrogen (secondary N) is 2. The first-order valence-corrected chi connectivity index (χ1v) is 9.86. The Morgan fingerprint density at radius 2 is 1.82 bits per heavy atom. The van der Waals surface area contributed by atoms with Crippen molar-refractivity contribution < 1.29 is 13.6 Å². The van der Waals surface area contributed by atoms with Crippen molar-refractivity contribution in [2.24, 2.45) is 0 Å². The first-order chi connectivity index (χ1) is 13.3. The van der Waals surface area contributed by atoms with E-state index in [9.17, 15) is 13.6 Å². The topological polar surface area (TPSA) is 59.0 Å². The van der Waals surface area contributed by atoms with Gasteiger partial charge in [-0.05, 0) is 45.7 Å². The van der Waals surface area contributed by atoms with E-state index in [-0.39, 0.29) is 17.5 Å². The van der Waals surface area contributed by atoms with E-state index in [0.29, 0.717) is 25.2 Å². The molecule has 0 spiro atoms. The molecule has 0 aliphatic heterocycles. The minimum atomic E-state index is -0.621. The Hall–Kier alpha value is -2.28. The molecule has 1 heterocycles. The van der Waals surface area contributed by atoms with Gasteiger partial charge in [0.25, 0.3) is 0 Å². The van der Waals surface area contributed by atoms with Crippen molar-refractivity contribution >= 4 is 11.7 Å². The summed E-state index contributed by atoms with van der Waals surface area (Å²) in [7, 11) is 0. The predicted octanol–water partition coefficient (Wildman–Crippen LogP) is 4.17. The number of nitrogens with zero attached hydrogens (tertiary/aromatic N) is 2. The maximum absolute atomic E-state index is 14.4. The van der Waals surface area contributed by atoms with Crippen LogP contribution >= 0.6 is 0 Å². The Balaban J connectivity index is 1.70. The molecule has 3 rings (SSSR count). The third kappa shape index (κ3) is 4.09. The smallest absolute Gasteiger partial charge is 0.242 e. The summed E-state index contributed by atoms with van der Waals surface area (Å²) in [6.07, 6.45) is 4.88. The van der Waals surface area contributed by atoms with E-state index in [1.54, 1.807) is 23.9 Å². The lowest BCUT2D eigenvalue weighted by Gasteiger charge is -2.32. The van der Waals surface area contributed by atoms with Gasteiger partial charge in [0, 0.05) is 29.6 Å². The maximum atomic E-state index is 14.4. The monoisotopic (exact) mass is 390 g/mol. The number of halogens is 2. The zero-order chi connectivity index (χ0) is 20.3. The van der Waals surface area contributed by atoms with Crippen LogP contribution in [0.3, 0.4) is 0 Å². The molecule has 5 nitrogen and oxygen atoms in total. The minimum absolute atomic E-state index is 0.124. The number of hydrogen-bond donors (Lipinski definition) is 2. The number of hydrogen-bond acceptors (Lipinski definition) is 3. The molecule has 2 N–H and O–H groups in total. The normalized spacial score (nSPS) is 17.1. The second-order valence-electron chi connectivity index (χ2n) is 7.93. The molecule has 28 heavy (non-hydrogen) atoms. The van der Waals surface area contributed by atoms with E-state index in [0.717, 1.165) is 12.8 Å². The van der Waals surface area contributed by atoms with Crippen LogP contribution < -0.4 is 10.6 Å². The summed E-state index contributed by atoms with van der Waals surface area (Å²) < 4.78 is 30.6. The third-order valence-electron chi connectivity index (χ3n) is 5.60. The Kier molecular flexibility index (Phi) is 6.13. The van der Waals surface area contributed by atoms with Crippen molar-refractivity contribution in [2.75, 3.05) is 11.9 Å². The van der Waals surface area contributed by atoms with Crippen LogP contribution in [0.5, 0.6) is 0 Å². The highest BCUT2D eigenvalue weighted by molar-refractivity contribution is 5.93. The van der Waals surface area contributed by atoms with Gasteiger partial charge in [-0.25, -0.2) is 13.5 Å². The van der Waals surface area contributed by atoms with Gasteiger partial charge < -0.3 is 10.6 Å². The molecule has 1 fully saturated rings. The average Bonchev–Trinajstić information content (AvgIpc) is 3.29. The quantitative estimate of drug-likeness (QED) is 0.746. The Labute approximate surface area is 164 Å². The van der Waals surface area contributed by atoms with E-state index < -0.39 is 23.1 Å². The van der Waals surface area contributed by atoms with Crippen LogP contribution in [0.1, 0.15) is 58.1 Å². The lowest BCUT2D eigenvalue weighted by atomic mass is 9.78. The van der Waals surface area contributed by atoms with Crippen molar-refractivity contribution in [1.82, 2.24) is 15.1 Å². The largest absolute Gasteiger partial charge is 0.310 e. The van der Waals surface area contributed by atoms with Gasteiger partial charge in [0.1, 0.15) is 17.5 Å². The molecule has 2 aromatic rings. The molecule has 1 aliphatic rings. The molecular weight excluding hydrogens is 362 g/mol. The molecule has 1 saturated carbocycles. The van der Waals surface area contributed by atoms with Crippen LogP contribution in [0.15, 0.2) is 30.5 Å². The highest BCUT2D eigenvalue weighted by atomic mass is 19.1. The van der Waals surface area contributed by atoms with Crippen LogP contribution in [0.25, 0.3) is 0 Å². The van der Waals surface area contributed by atoms with Crippen molar-refractivity contribution in [1.29, 1.82) is 0 Å². The lowest BCUT2D eigenvalue weighted by Crippen LogP contribution is -2.46. The molecule has 1 aromatic carbocycles. The van der Waals surface area contributed by atoms with Gasteiger partial charge in [-0.15, -0.1) is 0 Å². The van der Waals surface area contributed by atoms with Crippen molar-refractivity contribution in [3.63, 3.8) is 0 Å². The highest BCUT2D eigenvalue weighted by Crippen LogP contribution is 2.42. The lowest BCUT2D eigenvalue weighted by molar-refractivity contribution is -0.117. The molecule has 7 heteroatoms. The van der Waals surface area contributed by atoms with Crippen LogP contribution in [-0.2, 0) is 10.2 Å². The number of anilines is 1. The Bertz CT molecular complexity index is 807. The average molecular weight is 390 g/mol. The van der Waals surface area contributed by atoms with E-state index in [4.69, 9.17) is 0 Å². The second-order valence-corrected chi connectivity index (χ2v) is 7.93. The standard InChI is InChI=1S/C21H28F2N4O/c1-14(2)27-18(9-12-25-27)26-20(28)15(3)24-13-21(10-4-5-11-21)19-16(22)7-6-8-17(19)23/h6-9,12,14-15,24H,4-5,10-11,13H2,1-3H3,(H,26,28). The number of aromatic nitrogens is 2. The van der Waals surface area contributed by atoms with Crippen LogP contribution in [0.2, 0.25) is 0 Å². The number of rotatable bonds is 7. The second kappa shape index (κ2) is 8.39. The molecule has 1 unspecified atom stereocenters. The highest BCUT2D eigenvalue weighted by Gasteiger charge is 2.40. The van der Waals surface area contributed by atoms with E-state index in [1.807, 2.05) is 13.8 Å². The number of carbonyl (C=O) groups is 1. The molecular formula is C21H28F2N4O. The van der Waals surface area contributed by atoms with Crippen LogP contribution in [0.4, 0.5) is 14.6 Å². The van der Waals surface area contributed by atoms with E-state index >= 15 is 0 Å². The minimum Gasteiger partial charge on any atom is -0.310 e. The molecule has 152 valence electrons. The fourth-order valence-electron chi connectivity index (χ4n) is 4.07. The fraction of sp³-hybridized carbons (Fsp3) is 0.524. The molecule has 0 radical (unpaired) electrons. The van der Waals surface area contributed by atoms with Gasteiger partial charge in [-0.2, -0.15) is 5.10 Å². The van der Waals surface area contributed by atoms with Gasteiger partial charge in [-0.3, -0.25) is 4.79 Å². The summed E-state index contributed by atoms with van der Waals surface area (Å²) >= 11 is 0. The maximum Gasteiger partial charge on any atom is 0.242 e. The summed E-state index contributed by atoms with van der Waals surface area (Å²) in [4.78, 5) is 12.6. The number of amides is 1. The molecule has 1 aromatic heterocycles. The third-order valence-corrected chi connectivity index (χ3v) is 5.60. The van der Waals surface area contributed by atoms with Crippen LogP contribution in [0, 0.1) is 11.6 Å². The molecule has 0 saturated heterocycles. The summed E-state index contributed by atoms with van der Waals surface area (Å²) in [6.45, 7) is 6.07. The fourth-order valence-corrected chi connectivity index (χ4v) is 4.07. The summed E-state index contributed by atoms with van der Waals surface area (Å²) in [6, 6.07) is 5.36. The van der Waals surface area contributed by atoms with E-state index in [2.05, 4.69) is 15.7 Å². The van der Waals surface area contributed by atoms with Crippen molar-refractivity contribution in [3.05, 3.63) is 47.7 Å². The van der Waals surface area contributed by atoms with Crippen molar-refractivity contribution in [2.45, 2.75) is 64.0 Å². The Morgan fingerprint density at radius 3 is 2.43 bits per heavy atom. The first-order valence-electron chi connectivity index (χ1n) is 9.86. The van der Waals surface area contributed by atoms with Crippen LogP contribution in [-0.4, -0.2) is 28.3 Å².